The average Bonchev–Trinajstić information content (AvgIpc) is 2.55. The highest BCUT2D eigenvalue weighted by molar-refractivity contribution is 6.38. The van der Waals surface area contributed by atoms with Crippen molar-refractivity contribution >= 4 is 17.7 Å². The van der Waals surface area contributed by atoms with Crippen LogP contribution in [0.25, 0.3) is 0 Å². The summed E-state index contributed by atoms with van der Waals surface area (Å²) < 4.78 is 5.29. The van der Waals surface area contributed by atoms with E-state index in [1.807, 2.05) is 30.3 Å². The van der Waals surface area contributed by atoms with E-state index in [9.17, 15) is 14.4 Å². The van der Waals surface area contributed by atoms with E-state index < -0.39 is 29.1 Å². The Bertz CT molecular complexity index is 587. The topological polar surface area (TPSA) is 72.5 Å². The van der Waals surface area contributed by atoms with Crippen molar-refractivity contribution in [2.24, 2.45) is 11.3 Å². The van der Waals surface area contributed by atoms with Gasteiger partial charge in [0.05, 0.1) is 6.61 Å². The largest absolute Gasteiger partial charge is 0.464 e. The van der Waals surface area contributed by atoms with Crippen molar-refractivity contribution in [3.8, 4) is 0 Å². The predicted molar refractivity (Wildman–Crippen MR) is 97.0 cm³/mol. The first kappa shape index (κ1) is 20.9. The molecule has 1 amide bonds. The van der Waals surface area contributed by atoms with Gasteiger partial charge in [0.2, 0.25) is 5.78 Å². The fourth-order valence-electron chi connectivity index (χ4n) is 2.23. The number of hydrogen-bond acceptors (Lipinski definition) is 4. The highest BCUT2D eigenvalue weighted by Gasteiger charge is 2.33. The molecule has 1 aromatic carbocycles. The molecular formula is C20H29NO4. The Balaban J connectivity index is 2.50. The molecule has 0 radical (unpaired) electrons. The van der Waals surface area contributed by atoms with Gasteiger partial charge in [0.15, 0.2) is 0 Å². The molecule has 1 rings (SSSR count). The SMILES string of the molecule is CC(C)[C@H](NC(=O)C(=O)C(C)(C)C)C(=O)OCCCc1ccccc1. The minimum Gasteiger partial charge on any atom is -0.464 e. The molecule has 0 heterocycles. The summed E-state index contributed by atoms with van der Waals surface area (Å²) in [4.78, 5) is 36.3. The molecule has 0 spiro atoms. The monoisotopic (exact) mass is 347 g/mol. The summed E-state index contributed by atoms with van der Waals surface area (Å²) >= 11 is 0. The van der Waals surface area contributed by atoms with E-state index in [0.29, 0.717) is 6.42 Å². The molecule has 25 heavy (non-hydrogen) atoms. The zero-order valence-corrected chi connectivity index (χ0v) is 15.8. The van der Waals surface area contributed by atoms with Crippen LogP contribution in [0.4, 0.5) is 0 Å². The van der Waals surface area contributed by atoms with Gasteiger partial charge in [0, 0.05) is 5.41 Å². The van der Waals surface area contributed by atoms with Crippen LogP contribution in [0.5, 0.6) is 0 Å². The molecule has 0 aliphatic carbocycles. The summed E-state index contributed by atoms with van der Waals surface area (Å²) in [6, 6.07) is 9.12. The number of Topliss-reactive ketones (excluding diaryl/α,β-unsaturated/α-hetero) is 1. The maximum atomic E-state index is 12.3. The van der Waals surface area contributed by atoms with Gasteiger partial charge in [-0.05, 0) is 24.3 Å². The van der Waals surface area contributed by atoms with E-state index in [0.717, 1.165) is 6.42 Å². The zero-order chi connectivity index (χ0) is 19.0. The van der Waals surface area contributed by atoms with Gasteiger partial charge in [0.25, 0.3) is 5.91 Å². The number of rotatable bonds is 8. The molecule has 1 N–H and O–H groups in total. The molecule has 138 valence electrons. The highest BCUT2D eigenvalue weighted by atomic mass is 16.5. The van der Waals surface area contributed by atoms with E-state index in [1.54, 1.807) is 34.6 Å². The van der Waals surface area contributed by atoms with Crippen LogP contribution in [0.1, 0.15) is 46.6 Å². The quantitative estimate of drug-likeness (QED) is 0.446. The lowest BCUT2D eigenvalue weighted by molar-refractivity contribution is -0.151. The Hall–Kier alpha value is -2.17. The highest BCUT2D eigenvalue weighted by Crippen LogP contribution is 2.15. The molecular weight excluding hydrogens is 318 g/mol. The third-order valence-electron chi connectivity index (χ3n) is 3.79. The molecule has 0 unspecified atom stereocenters. The first-order chi connectivity index (χ1) is 11.6. The molecule has 0 aliphatic heterocycles. The van der Waals surface area contributed by atoms with Crippen molar-refractivity contribution in [1.82, 2.24) is 5.32 Å². The predicted octanol–water partition coefficient (Wildman–Crippen LogP) is 2.92. The molecule has 0 saturated carbocycles. The van der Waals surface area contributed by atoms with Crippen LogP contribution in [0.15, 0.2) is 30.3 Å². The van der Waals surface area contributed by atoms with Gasteiger partial charge in [-0.25, -0.2) is 4.79 Å². The zero-order valence-electron chi connectivity index (χ0n) is 15.8. The van der Waals surface area contributed by atoms with E-state index in [2.05, 4.69) is 5.32 Å². The smallest absolute Gasteiger partial charge is 0.328 e. The van der Waals surface area contributed by atoms with Crippen LogP contribution in [-0.2, 0) is 25.5 Å². The Labute approximate surface area is 150 Å². The Morgan fingerprint density at radius 1 is 1.08 bits per heavy atom. The van der Waals surface area contributed by atoms with Crippen molar-refractivity contribution in [1.29, 1.82) is 0 Å². The second kappa shape index (κ2) is 9.35. The molecule has 1 atom stereocenters. The number of ketones is 1. The van der Waals surface area contributed by atoms with E-state index in [1.165, 1.54) is 5.56 Å². The Morgan fingerprint density at radius 3 is 2.20 bits per heavy atom. The van der Waals surface area contributed by atoms with Crippen molar-refractivity contribution in [3.63, 3.8) is 0 Å². The lowest BCUT2D eigenvalue weighted by Gasteiger charge is -2.23. The van der Waals surface area contributed by atoms with Crippen molar-refractivity contribution in [2.45, 2.75) is 53.5 Å². The van der Waals surface area contributed by atoms with Gasteiger partial charge in [-0.15, -0.1) is 0 Å². The van der Waals surface area contributed by atoms with Crippen LogP contribution < -0.4 is 5.32 Å². The second-order valence-corrected chi connectivity index (χ2v) is 7.53. The number of amides is 1. The molecule has 1 aromatic rings. The minimum atomic E-state index is -0.824. The van der Waals surface area contributed by atoms with Gasteiger partial charge in [-0.2, -0.15) is 0 Å². The first-order valence-electron chi connectivity index (χ1n) is 8.68. The van der Waals surface area contributed by atoms with E-state index in [-0.39, 0.29) is 12.5 Å². The summed E-state index contributed by atoms with van der Waals surface area (Å²) in [6.45, 7) is 8.89. The average molecular weight is 347 g/mol. The normalized spacial score (nSPS) is 12.6. The van der Waals surface area contributed by atoms with E-state index in [4.69, 9.17) is 4.74 Å². The molecule has 0 fully saturated rings. The van der Waals surface area contributed by atoms with Gasteiger partial charge >= 0.3 is 5.97 Å². The van der Waals surface area contributed by atoms with Crippen molar-refractivity contribution in [2.75, 3.05) is 6.61 Å². The standard InChI is InChI=1S/C20H29NO4/c1-14(2)16(21-18(23)17(22)20(3,4)5)19(24)25-13-9-12-15-10-7-6-8-11-15/h6-8,10-11,14,16H,9,12-13H2,1-5H3,(H,21,23)/t16-/m0/s1. The molecule has 0 saturated heterocycles. The lowest BCUT2D eigenvalue weighted by atomic mass is 9.90. The number of nitrogens with one attached hydrogen (secondary N) is 1. The van der Waals surface area contributed by atoms with Gasteiger partial charge in [0.1, 0.15) is 6.04 Å². The number of hydrogen-bond donors (Lipinski definition) is 1. The number of esters is 1. The molecule has 0 aromatic heterocycles. The maximum Gasteiger partial charge on any atom is 0.328 e. The number of carbonyl (C=O) groups is 3. The van der Waals surface area contributed by atoms with E-state index >= 15 is 0 Å². The minimum absolute atomic E-state index is 0.168. The molecule has 0 bridgehead atoms. The number of benzene rings is 1. The van der Waals surface area contributed by atoms with Crippen LogP contribution in [0, 0.1) is 11.3 Å². The molecule has 5 nitrogen and oxygen atoms in total. The summed E-state index contributed by atoms with van der Waals surface area (Å²) in [5, 5.41) is 2.52. The maximum absolute atomic E-state index is 12.3. The Kier molecular flexibility index (Phi) is 7.81. The van der Waals surface area contributed by atoms with Crippen LogP contribution in [-0.4, -0.2) is 30.3 Å². The number of aryl methyl sites for hydroxylation is 1. The van der Waals surface area contributed by atoms with Crippen molar-refractivity contribution < 1.29 is 19.1 Å². The lowest BCUT2D eigenvalue weighted by Crippen LogP contribution is -2.49. The third-order valence-corrected chi connectivity index (χ3v) is 3.79. The molecule has 0 aliphatic rings. The fraction of sp³-hybridized carbons (Fsp3) is 0.550. The fourth-order valence-corrected chi connectivity index (χ4v) is 2.23. The third kappa shape index (κ3) is 7.08. The first-order valence-corrected chi connectivity index (χ1v) is 8.68. The van der Waals surface area contributed by atoms with Gasteiger partial charge in [-0.1, -0.05) is 65.0 Å². The second-order valence-electron chi connectivity index (χ2n) is 7.53. The summed E-state index contributed by atoms with van der Waals surface area (Å²) in [5.74, 6) is -1.96. The van der Waals surface area contributed by atoms with Crippen LogP contribution in [0.3, 0.4) is 0 Å². The van der Waals surface area contributed by atoms with Gasteiger partial charge in [-0.3, -0.25) is 9.59 Å². The summed E-state index contributed by atoms with van der Waals surface area (Å²) in [7, 11) is 0. The summed E-state index contributed by atoms with van der Waals surface area (Å²) in [5.41, 5.74) is 0.397. The summed E-state index contributed by atoms with van der Waals surface area (Å²) in [6.07, 6.45) is 1.52. The van der Waals surface area contributed by atoms with Crippen molar-refractivity contribution in [3.05, 3.63) is 35.9 Å². The van der Waals surface area contributed by atoms with Crippen LogP contribution in [0.2, 0.25) is 0 Å². The molecule has 5 heteroatoms. The Morgan fingerprint density at radius 2 is 1.68 bits per heavy atom. The van der Waals surface area contributed by atoms with Gasteiger partial charge < -0.3 is 10.1 Å². The van der Waals surface area contributed by atoms with Crippen LogP contribution >= 0.6 is 0 Å². The number of ether oxygens (including phenoxy) is 1. The number of carbonyl (C=O) groups excluding carboxylic acids is 3.